The first-order chi connectivity index (χ1) is 9.31. The molecule has 0 spiro atoms. The van der Waals surface area contributed by atoms with Crippen LogP contribution in [0.15, 0.2) is 18.2 Å². The molecular formula is C15H23F3N2. The minimum atomic E-state index is -4.34. The summed E-state index contributed by atoms with van der Waals surface area (Å²) in [6, 6.07) is 4.73. The summed E-state index contributed by atoms with van der Waals surface area (Å²) in [5.74, 6) is 0. The van der Waals surface area contributed by atoms with Crippen molar-refractivity contribution in [3.05, 3.63) is 29.3 Å². The predicted octanol–water partition coefficient (Wildman–Crippen LogP) is 3.83. The molecule has 0 unspecified atom stereocenters. The Morgan fingerprint density at radius 3 is 2.35 bits per heavy atom. The number of anilines is 1. The van der Waals surface area contributed by atoms with Gasteiger partial charge in [0.1, 0.15) is 0 Å². The van der Waals surface area contributed by atoms with Crippen molar-refractivity contribution in [3.8, 4) is 0 Å². The molecule has 2 N–H and O–H groups in total. The zero-order chi connectivity index (χ0) is 15.3. The molecule has 1 rings (SSSR count). The van der Waals surface area contributed by atoms with E-state index in [2.05, 4.69) is 0 Å². The average Bonchev–Trinajstić information content (AvgIpc) is 2.35. The minimum Gasteiger partial charge on any atom is -0.369 e. The van der Waals surface area contributed by atoms with E-state index in [-0.39, 0.29) is 24.6 Å². The third kappa shape index (κ3) is 4.13. The number of benzene rings is 1. The molecule has 0 radical (unpaired) electrons. The Kier molecular flexibility index (Phi) is 5.87. The second-order valence-corrected chi connectivity index (χ2v) is 5.17. The van der Waals surface area contributed by atoms with Crippen LogP contribution >= 0.6 is 0 Å². The topological polar surface area (TPSA) is 29.3 Å². The first-order valence-corrected chi connectivity index (χ1v) is 6.98. The maximum Gasteiger partial charge on any atom is 0.416 e. The maximum absolute atomic E-state index is 13.1. The van der Waals surface area contributed by atoms with Crippen LogP contribution in [-0.2, 0) is 12.6 Å². The molecule has 0 fully saturated rings. The molecule has 0 saturated carbocycles. The first-order valence-electron chi connectivity index (χ1n) is 6.98. The van der Waals surface area contributed by atoms with E-state index >= 15 is 0 Å². The molecule has 0 aliphatic heterocycles. The molecule has 0 aliphatic rings. The summed E-state index contributed by atoms with van der Waals surface area (Å²) in [5, 5.41) is 0. The quantitative estimate of drug-likeness (QED) is 0.862. The Balaban J connectivity index is 3.23. The summed E-state index contributed by atoms with van der Waals surface area (Å²) in [4.78, 5) is 1.99. The Morgan fingerprint density at radius 1 is 1.25 bits per heavy atom. The molecule has 114 valence electrons. The molecule has 0 bridgehead atoms. The monoisotopic (exact) mass is 288 g/mol. The fraction of sp³-hybridized carbons (Fsp3) is 0.600. The van der Waals surface area contributed by atoms with E-state index in [9.17, 15) is 13.2 Å². The van der Waals surface area contributed by atoms with Gasteiger partial charge in [-0.15, -0.1) is 0 Å². The molecule has 2 nitrogen and oxygen atoms in total. The van der Waals surface area contributed by atoms with Crippen molar-refractivity contribution in [2.45, 2.75) is 45.8 Å². The zero-order valence-corrected chi connectivity index (χ0v) is 12.3. The Bertz CT molecular complexity index is 428. The van der Waals surface area contributed by atoms with Crippen LogP contribution < -0.4 is 10.6 Å². The van der Waals surface area contributed by atoms with Crippen LogP contribution in [0.2, 0.25) is 0 Å². The van der Waals surface area contributed by atoms with Gasteiger partial charge in [-0.25, -0.2) is 0 Å². The molecule has 20 heavy (non-hydrogen) atoms. The molecule has 0 saturated heterocycles. The van der Waals surface area contributed by atoms with Crippen molar-refractivity contribution in [1.29, 1.82) is 0 Å². The molecule has 0 aliphatic carbocycles. The van der Waals surface area contributed by atoms with Gasteiger partial charge in [0.15, 0.2) is 0 Å². The van der Waals surface area contributed by atoms with Crippen LogP contribution in [0.25, 0.3) is 0 Å². The van der Waals surface area contributed by atoms with Crippen LogP contribution in [0.1, 0.15) is 38.3 Å². The van der Waals surface area contributed by atoms with Crippen LogP contribution in [0.4, 0.5) is 18.9 Å². The number of alkyl halides is 3. The normalized spacial score (nSPS) is 12.0. The van der Waals surface area contributed by atoms with Crippen molar-refractivity contribution in [3.63, 3.8) is 0 Å². The lowest BCUT2D eigenvalue weighted by Gasteiger charge is -2.29. The number of rotatable bonds is 6. The van der Waals surface area contributed by atoms with Gasteiger partial charge in [-0.05, 0) is 50.9 Å². The van der Waals surface area contributed by atoms with Crippen LogP contribution in [0.5, 0.6) is 0 Å². The van der Waals surface area contributed by atoms with Gasteiger partial charge in [-0.1, -0.05) is 13.0 Å². The van der Waals surface area contributed by atoms with Crippen LogP contribution in [0.3, 0.4) is 0 Å². The molecule has 5 heteroatoms. The third-order valence-electron chi connectivity index (χ3n) is 3.23. The molecule has 0 amide bonds. The largest absolute Gasteiger partial charge is 0.416 e. The van der Waals surface area contributed by atoms with Gasteiger partial charge in [0.2, 0.25) is 0 Å². The van der Waals surface area contributed by atoms with Gasteiger partial charge in [-0.3, -0.25) is 0 Å². The van der Waals surface area contributed by atoms with Crippen molar-refractivity contribution < 1.29 is 13.2 Å². The van der Waals surface area contributed by atoms with Crippen LogP contribution in [-0.4, -0.2) is 19.1 Å². The summed E-state index contributed by atoms with van der Waals surface area (Å²) in [6.07, 6.45) is -3.20. The fourth-order valence-electron chi connectivity index (χ4n) is 2.31. The zero-order valence-electron chi connectivity index (χ0n) is 12.3. The van der Waals surface area contributed by atoms with Gasteiger partial charge in [0, 0.05) is 18.3 Å². The van der Waals surface area contributed by atoms with E-state index in [1.807, 2.05) is 25.7 Å². The molecule has 0 heterocycles. The van der Waals surface area contributed by atoms with Gasteiger partial charge in [-0.2, -0.15) is 13.2 Å². The lowest BCUT2D eigenvalue weighted by atomic mass is 10.0. The summed E-state index contributed by atoms with van der Waals surface area (Å²) < 4.78 is 39.4. The van der Waals surface area contributed by atoms with Gasteiger partial charge >= 0.3 is 6.18 Å². The Morgan fingerprint density at radius 2 is 1.90 bits per heavy atom. The van der Waals surface area contributed by atoms with Crippen molar-refractivity contribution in [2.75, 3.05) is 18.0 Å². The van der Waals surface area contributed by atoms with Crippen molar-refractivity contribution in [2.24, 2.45) is 5.73 Å². The van der Waals surface area contributed by atoms with E-state index in [4.69, 9.17) is 5.73 Å². The smallest absolute Gasteiger partial charge is 0.369 e. The summed E-state index contributed by atoms with van der Waals surface area (Å²) >= 11 is 0. The Labute approximate surface area is 118 Å². The predicted molar refractivity (Wildman–Crippen MR) is 77.0 cm³/mol. The van der Waals surface area contributed by atoms with Gasteiger partial charge < -0.3 is 10.6 Å². The summed E-state index contributed by atoms with van der Waals surface area (Å²) in [7, 11) is 0. The number of nitrogens with two attached hydrogens (primary N) is 1. The molecule has 0 aromatic heterocycles. The number of hydrogen-bond donors (Lipinski definition) is 1. The second-order valence-electron chi connectivity index (χ2n) is 5.17. The van der Waals surface area contributed by atoms with E-state index in [1.54, 1.807) is 12.1 Å². The number of halogens is 3. The standard InChI is InChI=1S/C15H23F3N2/c1-4-9-20(11(2)3)13-6-5-12(7-8-19)14(10-13)15(16,17)18/h5-6,10-11H,4,7-9,19H2,1-3H3. The number of hydrogen-bond acceptors (Lipinski definition) is 2. The van der Waals surface area contributed by atoms with Gasteiger partial charge in [0.25, 0.3) is 0 Å². The maximum atomic E-state index is 13.1. The minimum absolute atomic E-state index is 0.163. The molecule has 0 atom stereocenters. The summed E-state index contributed by atoms with van der Waals surface area (Å²) in [6.45, 7) is 6.94. The van der Waals surface area contributed by atoms with E-state index in [1.165, 1.54) is 6.07 Å². The highest BCUT2D eigenvalue weighted by Gasteiger charge is 2.33. The Hall–Kier alpha value is -1.23. The molecule has 1 aromatic rings. The highest BCUT2D eigenvalue weighted by Crippen LogP contribution is 2.35. The highest BCUT2D eigenvalue weighted by molar-refractivity contribution is 5.52. The van der Waals surface area contributed by atoms with Crippen molar-refractivity contribution >= 4 is 5.69 Å². The van der Waals surface area contributed by atoms with E-state index in [0.717, 1.165) is 13.0 Å². The van der Waals surface area contributed by atoms with Crippen LogP contribution in [0, 0.1) is 0 Å². The third-order valence-corrected chi connectivity index (χ3v) is 3.23. The first kappa shape index (κ1) is 16.8. The van der Waals surface area contributed by atoms with Crippen molar-refractivity contribution in [1.82, 2.24) is 0 Å². The second kappa shape index (κ2) is 6.97. The van der Waals surface area contributed by atoms with E-state index in [0.29, 0.717) is 5.69 Å². The summed E-state index contributed by atoms with van der Waals surface area (Å²) in [5.41, 5.74) is 5.71. The lowest BCUT2D eigenvalue weighted by Crippen LogP contribution is -2.31. The highest BCUT2D eigenvalue weighted by atomic mass is 19.4. The molecular weight excluding hydrogens is 265 g/mol. The van der Waals surface area contributed by atoms with E-state index < -0.39 is 11.7 Å². The van der Waals surface area contributed by atoms with Gasteiger partial charge in [0.05, 0.1) is 5.56 Å². The molecule has 1 aromatic carbocycles. The SMILES string of the molecule is CCCN(c1ccc(CCN)c(C(F)(F)F)c1)C(C)C. The average molecular weight is 288 g/mol. The fourth-order valence-corrected chi connectivity index (χ4v) is 2.31. The lowest BCUT2D eigenvalue weighted by molar-refractivity contribution is -0.138. The number of nitrogens with zero attached hydrogens (tertiary/aromatic N) is 1.